The lowest BCUT2D eigenvalue weighted by molar-refractivity contribution is 0.386. The molecule has 1 aromatic rings. The molecular formula is C9H11ClFNO. The minimum absolute atomic E-state index is 0.259. The Bertz CT molecular complexity index is 280. The first-order valence-electron chi connectivity index (χ1n) is 3.87. The fourth-order valence-electron chi connectivity index (χ4n) is 1.01. The Morgan fingerprint density at radius 2 is 2.31 bits per heavy atom. The SMILES string of the molecule is COc1ccc(CNCCl)cc1F. The number of hydrogen-bond donors (Lipinski definition) is 1. The van der Waals surface area contributed by atoms with Crippen LogP contribution in [0.2, 0.25) is 0 Å². The van der Waals surface area contributed by atoms with Crippen molar-refractivity contribution in [3.63, 3.8) is 0 Å². The van der Waals surface area contributed by atoms with Crippen LogP contribution in [0.5, 0.6) is 5.75 Å². The van der Waals surface area contributed by atoms with Crippen LogP contribution in [-0.2, 0) is 6.54 Å². The molecule has 0 heterocycles. The van der Waals surface area contributed by atoms with Gasteiger partial charge in [-0.25, -0.2) is 4.39 Å². The molecule has 4 heteroatoms. The van der Waals surface area contributed by atoms with Gasteiger partial charge in [-0.05, 0) is 17.7 Å². The predicted molar refractivity (Wildman–Crippen MR) is 50.5 cm³/mol. The zero-order chi connectivity index (χ0) is 9.68. The first-order chi connectivity index (χ1) is 6.27. The van der Waals surface area contributed by atoms with E-state index in [1.807, 2.05) is 0 Å². The zero-order valence-electron chi connectivity index (χ0n) is 7.31. The van der Waals surface area contributed by atoms with Crippen molar-refractivity contribution in [3.05, 3.63) is 29.6 Å². The molecule has 0 aliphatic carbocycles. The van der Waals surface area contributed by atoms with Crippen LogP contribution in [0.3, 0.4) is 0 Å². The van der Waals surface area contributed by atoms with Crippen molar-refractivity contribution in [2.45, 2.75) is 6.54 Å². The summed E-state index contributed by atoms with van der Waals surface area (Å²) in [4.78, 5) is 0. The summed E-state index contributed by atoms with van der Waals surface area (Å²) in [5, 5.41) is 2.89. The van der Waals surface area contributed by atoms with E-state index in [1.54, 1.807) is 12.1 Å². The van der Waals surface area contributed by atoms with E-state index < -0.39 is 0 Å². The van der Waals surface area contributed by atoms with Gasteiger partial charge in [-0.15, -0.1) is 11.6 Å². The highest BCUT2D eigenvalue weighted by molar-refractivity contribution is 6.17. The highest BCUT2D eigenvalue weighted by Crippen LogP contribution is 2.17. The summed E-state index contributed by atoms with van der Waals surface area (Å²) >= 11 is 5.42. The minimum Gasteiger partial charge on any atom is -0.494 e. The average Bonchev–Trinajstić information content (AvgIpc) is 2.15. The molecule has 2 nitrogen and oxygen atoms in total. The molecule has 0 atom stereocenters. The van der Waals surface area contributed by atoms with E-state index in [0.717, 1.165) is 5.56 Å². The molecule has 0 amide bonds. The van der Waals surface area contributed by atoms with Crippen molar-refractivity contribution in [2.75, 3.05) is 13.1 Å². The third kappa shape index (κ3) is 2.86. The van der Waals surface area contributed by atoms with Crippen molar-refractivity contribution >= 4 is 11.6 Å². The molecule has 0 spiro atoms. The monoisotopic (exact) mass is 203 g/mol. The molecule has 1 rings (SSSR count). The minimum atomic E-state index is -0.351. The van der Waals surface area contributed by atoms with Crippen molar-refractivity contribution in [1.82, 2.24) is 5.32 Å². The molecule has 0 bridgehead atoms. The van der Waals surface area contributed by atoms with Crippen LogP contribution in [-0.4, -0.2) is 13.1 Å². The number of ether oxygens (including phenoxy) is 1. The lowest BCUT2D eigenvalue weighted by atomic mass is 10.2. The largest absolute Gasteiger partial charge is 0.494 e. The number of alkyl halides is 1. The number of nitrogens with one attached hydrogen (secondary N) is 1. The van der Waals surface area contributed by atoms with Gasteiger partial charge in [0, 0.05) is 6.54 Å². The summed E-state index contributed by atoms with van der Waals surface area (Å²) in [6, 6.07) is 5.17. The summed E-state index contributed by atoms with van der Waals surface area (Å²) in [5.41, 5.74) is 0.846. The second-order valence-corrected chi connectivity index (χ2v) is 2.80. The topological polar surface area (TPSA) is 21.3 Å². The molecule has 0 radical (unpaired) electrons. The molecule has 0 saturated heterocycles. The van der Waals surface area contributed by atoms with Crippen LogP contribution < -0.4 is 10.1 Å². The molecular weight excluding hydrogens is 193 g/mol. The Balaban J connectivity index is 2.71. The van der Waals surface area contributed by atoms with Crippen molar-refractivity contribution in [3.8, 4) is 5.75 Å². The predicted octanol–water partition coefficient (Wildman–Crippen LogP) is 2.12. The van der Waals surface area contributed by atoms with E-state index in [2.05, 4.69) is 5.32 Å². The lowest BCUT2D eigenvalue weighted by Crippen LogP contribution is -2.10. The van der Waals surface area contributed by atoms with Gasteiger partial charge in [-0.1, -0.05) is 6.07 Å². The summed E-state index contributed by atoms with van der Waals surface area (Å²) in [7, 11) is 1.44. The zero-order valence-corrected chi connectivity index (χ0v) is 8.07. The summed E-state index contributed by atoms with van der Waals surface area (Å²) in [5.74, 6) is -0.0917. The van der Waals surface area contributed by atoms with Gasteiger partial charge in [0.1, 0.15) is 0 Å². The average molecular weight is 204 g/mol. The van der Waals surface area contributed by atoms with Crippen LogP contribution >= 0.6 is 11.6 Å². The van der Waals surface area contributed by atoms with Gasteiger partial charge in [-0.2, -0.15) is 0 Å². The van der Waals surface area contributed by atoms with E-state index in [-0.39, 0.29) is 11.6 Å². The summed E-state index contributed by atoms with van der Waals surface area (Å²) in [6.45, 7) is 0.560. The van der Waals surface area contributed by atoms with E-state index >= 15 is 0 Å². The van der Waals surface area contributed by atoms with Gasteiger partial charge < -0.3 is 4.74 Å². The standard InChI is InChI=1S/C9H11ClFNO/c1-13-9-3-2-7(4-8(9)11)5-12-6-10/h2-4,12H,5-6H2,1H3. The van der Waals surface area contributed by atoms with Crippen LogP contribution in [0.15, 0.2) is 18.2 Å². The van der Waals surface area contributed by atoms with Gasteiger partial charge in [0.2, 0.25) is 0 Å². The summed E-state index contributed by atoms with van der Waals surface area (Å²) < 4.78 is 17.9. The molecule has 1 N–H and O–H groups in total. The Hall–Kier alpha value is -0.800. The van der Waals surface area contributed by atoms with Gasteiger partial charge in [0.25, 0.3) is 0 Å². The molecule has 0 unspecified atom stereocenters. The second-order valence-electron chi connectivity index (χ2n) is 2.53. The number of rotatable bonds is 4. The van der Waals surface area contributed by atoms with Crippen LogP contribution in [0.25, 0.3) is 0 Å². The molecule has 1 aromatic carbocycles. The maximum absolute atomic E-state index is 13.1. The van der Waals surface area contributed by atoms with E-state index in [9.17, 15) is 4.39 Å². The normalized spacial score (nSPS) is 10.1. The molecule has 13 heavy (non-hydrogen) atoms. The molecule has 72 valence electrons. The molecule has 0 aliphatic rings. The van der Waals surface area contributed by atoms with Crippen molar-refractivity contribution < 1.29 is 9.13 Å². The van der Waals surface area contributed by atoms with Crippen molar-refractivity contribution in [2.24, 2.45) is 0 Å². The lowest BCUT2D eigenvalue weighted by Gasteiger charge is -2.04. The van der Waals surface area contributed by atoms with E-state index in [0.29, 0.717) is 12.5 Å². The molecule has 0 aliphatic heterocycles. The maximum Gasteiger partial charge on any atom is 0.165 e. The number of hydrogen-bond acceptors (Lipinski definition) is 2. The Morgan fingerprint density at radius 1 is 1.54 bits per heavy atom. The summed E-state index contributed by atoms with van der Waals surface area (Å²) in [6.07, 6.45) is 0. The second kappa shape index (κ2) is 5.04. The van der Waals surface area contributed by atoms with Gasteiger partial charge in [0.15, 0.2) is 11.6 Å². The van der Waals surface area contributed by atoms with Crippen molar-refractivity contribution in [1.29, 1.82) is 0 Å². The van der Waals surface area contributed by atoms with E-state index in [1.165, 1.54) is 13.2 Å². The van der Waals surface area contributed by atoms with Gasteiger partial charge >= 0.3 is 0 Å². The fourth-order valence-corrected chi connectivity index (χ4v) is 1.11. The Labute approximate surface area is 81.7 Å². The van der Waals surface area contributed by atoms with Gasteiger partial charge in [-0.3, -0.25) is 5.32 Å². The molecule has 0 fully saturated rings. The smallest absolute Gasteiger partial charge is 0.165 e. The third-order valence-electron chi connectivity index (χ3n) is 1.64. The number of methoxy groups -OCH3 is 1. The maximum atomic E-state index is 13.1. The molecule has 0 aromatic heterocycles. The first-order valence-corrected chi connectivity index (χ1v) is 4.40. The highest BCUT2D eigenvalue weighted by Gasteiger charge is 2.02. The van der Waals surface area contributed by atoms with E-state index in [4.69, 9.17) is 16.3 Å². The quantitative estimate of drug-likeness (QED) is 0.598. The number of benzene rings is 1. The molecule has 0 saturated carbocycles. The Kier molecular flexibility index (Phi) is 3.99. The third-order valence-corrected chi connectivity index (χ3v) is 1.83. The first kappa shape index (κ1) is 10.3. The van der Waals surface area contributed by atoms with Crippen LogP contribution in [0, 0.1) is 5.82 Å². The fraction of sp³-hybridized carbons (Fsp3) is 0.333. The number of halogens is 2. The highest BCUT2D eigenvalue weighted by atomic mass is 35.5. The Morgan fingerprint density at radius 3 is 2.85 bits per heavy atom. The van der Waals surface area contributed by atoms with Gasteiger partial charge in [0.05, 0.1) is 13.1 Å². The van der Waals surface area contributed by atoms with Crippen LogP contribution in [0.4, 0.5) is 4.39 Å². The van der Waals surface area contributed by atoms with Crippen LogP contribution in [0.1, 0.15) is 5.56 Å².